The Hall–Kier alpha value is -2.09. The van der Waals surface area contributed by atoms with E-state index >= 15 is 0 Å². The SMILES string of the molecule is CC(=O)Nc1ccc(C2CCC2c2ccccc2C)cc1. The second kappa shape index (κ2) is 5.72. The average Bonchev–Trinajstić information content (AvgIpc) is 2.42. The molecule has 0 saturated heterocycles. The summed E-state index contributed by atoms with van der Waals surface area (Å²) >= 11 is 0. The Labute approximate surface area is 126 Å². The van der Waals surface area contributed by atoms with Crippen molar-refractivity contribution in [3.05, 3.63) is 65.2 Å². The van der Waals surface area contributed by atoms with Gasteiger partial charge in [-0.25, -0.2) is 0 Å². The van der Waals surface area contributed by atoms with Gasteiger partial charge in [-0.3, -0.25) is 4.79 Å². The van der Waals surface area contributed by atoms with Gasteiger partial charge in [-0.2, -0.15) is 0 Å². The van der Waals surface area contributed by atoms with Crippen LogP contribution >= 0.6 is 0 Å². The second-order valence-electron chi connectivity index (χ2n) is 5.95. The minimum Gasteiger partial charge on any atom is -0.326 e. The molecule has 0 spiro atoms. The summed E-state index contributed by atoms with van der Waals surface area (Å²) in [5, 5.41) is 2.82. The molecular formula is C19H21NO. The second-order valence-corrected chi connectivity index (χ2v) is 5.95. The molecule has 0 bridgehead atoms. The van der Waals surface area contributed by atoms with Gasteiger partial charge in [-0.15, -0.1) is 0 Å². The van der Waals surface area contributed by atoms with Crippen LogP contribution in [-0.4, -0.2) is 5.91 Å². The van der Waals surface area contributed by atoms with Crippen molar-refractivity contribution in [2.45, 2.75) is 38.5 Å². The van der Waals surface area contributed by atoms with Gasteiger partial charge in [0.1, 0.15) is 0 Å². The Morgan fingerprint density at radius 3 is 2.24 bits per heavy atom. The molecule has 1 aliphatic rings. The van der Waals surface area contributed by atoms with E-state index < -0.39 is 0 Å². The molecule has 1 amide bonds. The van der Waals surface area contributed by atoms with Crippen molar-refractivity contribution in [3.8, 4) is 0 Å². The maximum atomic E-state index is 11.1. The first-order valence-corrected chi connectivity index (χ1v) is 7.58. The molecule has 1 saturated carbocycles. The maximum Gasteiger partial charge on any atom is 0.221 e. The van der Waals surface area contributed by atoms with E-state index in [0.717, 1.165) is 5.69 Å². The van der Waals surface area contributed by atoms with Gasteiger partial charge in [0.15, 0.2) is 0 Å². The van der Waals surface area contributed by atoms with Crippen LogP contribution in [0.4, 0.5) is 5.69 Å². The molecule has 2 atom stereocenters. The summed E-state index contributed by atoms with van der Waals surface area (Å²) in [6.07, 6.45) is 2.52. The number of anilines is 1. The quantitative estimate of drug-likeness (QED) is 0.873. The summed E-state index contributed by atoms with van der Waals surface area (Å²) in [4.78, 5) is 11.1. The molecule has 2 aromatic rings. The topological polar surface area (TPSA) is 29.1 Å². The van der Waals surface area contributed by atoms with Gasteiger partial charge in [-0.1, -0.05) is 36.4 Å². The molecule has 0 heterocycles. The van der Waals surface area contributed by atoms with E-state index in [1.165, 1.54) is 36.5 Å². The monoisotopic (exact) mass is 279 g/mol. The number of nitrogens with one attached hydrogen (secondary N) is 1. The van der Waals surface area contributed by atoms with Gasteiger partial charge in [-0.05, 0) is 60.4 Å². The van der Waals surface area contributed by atoms with Crippen LogP contribution in [-0.2, 0) is 4.79 Å². The first-order valence-electron chi connectivity index (χ1n) is 7.58. The van der Waals surface area contributed by atoms with E-state index in [9.17, 15) is 4.79 Å². The third-order valence-corrected chi connectivity index (χ3v) is 4.52. The molecule has 2 nitrogen and oxygen atoms in total. The largest absolute Gasteiger partial charge is 0.326 e. The van der Waals surface area contributed by atoms with Gasteiger partial charge < -0.3 is 5.32 Å². The van der Waals surface area contributed by atoms with Crippen molar-refractivity contribution >= 4 is 11.6 Å². The molecule has 1 fully saturated rings. The zero-order valence-electron chi connectivity index (χ0n) is 12.6. The number of carbonyl (C=O) groups excluding carboxylic acids is 1. The highest BCUT2D eigenvalue weighted by Crippen LogP contribution is 2.49. The van der Waals surface area contributed by atoms with Crippen molar-refractivity contribution < 1.29 is 4.79 Å². The molecule has 0 radical (unpaired) electrons. The summed E-state index contributed by atoms with van der Waals surface area (Å²) in [5.74, 6) is 1.22. The molecule has 108 valence electrons. The van der Waals surface area contributed by atoms with Gasteiger partial charge in [0.25, 0.3) is 0 Å². The van der Waals surface area contributed by atoms with Crippen LogP contribution in [0.25, 0.3) is 0 Å². The lowest BCUT2D eigenvalue weighted by molar-refractivity contribution is -0.114. The standard InChI is InChI=1S/C19H21NO/c1-13-5-3-4-6-17(13)19-12-11-18(19)15-7-9-16(10-8-15)20-14(2)21/h3-10,18-19H,11-12H2,1-2H3,(H,20,21). The summed E-state index contributed by atoms with van der Waals surface area (Å²) < 4.78 is 0. The number of rotatable bonds is 3. The number of hydrogen-bond donors (Lipinski definition) is 1. The Morgan fingerprint density at radius 2 is 1.67 bits per heavy atom. The molecule has 1 N–H and O–H groups in total. The average molecular weight is 279 g/mol. The number of aryl methyl sites for hydroxylation is 1. The fourth-order valence-corrected chi connectivity index (χ4v) is 3.29. The van der Waals surface area contributed by atoms with E-state index in [0.29, 0.717) is 11.8 Å². The maximum absolute atomic E-state index is 11.1. The Kier molecular flexibility index (Phi) is 3.78. The first kappa shape index (κ1) is 13.9. The molecule has 0 aliphatic heterocycles. The lowest BCUT2D eigenvalue weighted by Crippen LogP contribution is -2.22. The summed E-state index contributed by atoms with van der Waals surface area (Å²) in [6.45, 7) is 3.73. The number of amides is 1. The molecule has 2 heteroatoms. The third-order valence-electron chi connectivity index (χ3n) is 4.52. The zero-order valence-corrected chi connectivity index (χ0v) is 12.6. The van der Waals surface area contributed by atoms with Gasteiger partial charge in [0.2, 0.25) is 5.91 Å². The van der Waals surface area contributed by atoms with E-state index in [4.69, 9.17) is 0 Å². The normalized spacial score (nSPS) is 20.7. The van der Waals surface area contributed by atoms with Gasteiger partial charge >= 0.3 is 0 Å². The minimum absolute atomic E-state index is 0.0239. The first-order chi connectivity index (χ1) is 10.1. The van der Waals surface area contributed by atoms with Gasteiger partial charge in [0.05, 0.1) is 0 Å². The zero-order chi connectivity index (χ0) is 14.8. The minimum atomic E-state index is -0.0239. The molecule has 0 aromatic heterocycles. The van der Waals surface area contributed by atoms with E-state index in [1.54, 1.807) is 0 Å². The highest BCUT2D eigenvalue weighted by atomic mass is 16.1. The molecule has 2 aromatic carbocycles. The highest BCUT2D eigenvalue weighted by molar-refractivity contribution is 5.88. The lowest BCUT2D eigenvalue weighted by atomic mass is 9.66. The number of hydrogen-bond acceptors (Lipinski definition) is 1. The molecule has 1 aliphatic carbocycles. The third kappa shape index (κ3) is 2.85. The van der Waals surface area contributed by atoms with Crippen molar-refractivity contribution in [1.29, 1.82) is 0 Å². The summed E-state index contributed by atoms with van der Waals surface area (Å²) in [5.41, 5.74) is 5.13. The highest BCUT2D eigenvalue weighted by Gasteiger charge is 2.33. The van der Waals surface area contributed by atoms with Crippen molar-refractivity contribution in [1.82, 2.24) is 0 Å². The van der Waals surface area contributed by atoms with E-state index in [1.807, 2.05) is 12.1 Å². The smallest absolute Gasteiger partial charge is 0.221 e. The predicted octanol–water partition coefficient (Wildman–Crippen LogP) is 4.61. The number of benzene rings is 2. The fourth-order valence-electron chi connectivity index (χ4n) is 3.29. The predicted molar refractivity (Wildman–Crippen MR) is 86.6 cm³/mol. The van der Waals surface area contributed by atoms with E-state index in [2.05, 4.69) is 48.6 Å². The number of carbonyl (C=O) groups is 1. The van der Waals surface area contributed by atoms with Crippen molar-refractivity contribution in [2.24, 2.45) is 0 Å². The molecule has 2 unspecified atom stereocenters. The van der Waals surface area contributed by atoms with Crippen LogP contribution in [0.3, 0.4) is 0 Å². The van der Waals surface area contributed by atoms with E-state index in [-0.39, 0.29) is 5.91 Å². The Balaban J connectivity index is 1.78. The van der Waals surface area contributed by atoms with Crippen LogP contribution in [0, 0.1) is 6.92 Å². The van der Waals surface area contributed by atoms with Crippen molar-refractivity contribution in [2.75, 3.05) is 5.32 Å². The Morgan fingerprint density at radius 1 is 1.00 bits per heavy atom. The van der Waals surface area contributed by atoms with Crippen LogP contribution in [0.5, 0.6) is 0 Å². The Bertz CT molecular complexity index is 645. The summed E-state index contributed by atoms with van der Waals surface area (Å²) in [6, 6.07) is 17.0. The molecular weight excluding hydrogens is 258 g/mol. The van der Waals surface area contributed by atoms with Crippen molar-refractivity contribution in [3.63, 3.8) is 0 Å². The van der Waals surface area contributed by atoms with Crippen LogP contribution in [0.1, 0.15) is 48.3 Å². The fraction of sp³-hybridized carbons (Fsp3) is 0.316. The van der Waals surface area contributed by atoms with Gasteiger partial charge in [0, 0.05) is 12.6 Å². The lowest BCUT2D eigenvalue weighted by Gasteiger charge is -2.38. The molecule has 21 heavy (non-hydrogen) atoms. The van der Waals surface area contributed by atoms with Crippen LogP contribution in [0.2, 0.25) is 0 Å². The summed E-state index contributed by atoms with van der Waals surface area (Å²) in [7, 11) is 0. The van der Waals surface area contributed by atoms with Crippen LogP contribution < -0.4 is 5.32 Å². The molecule has 3 rings (SSSR count). The van der Waals surface area contributed by atoms with Crippen LogP contribution in [0.15, 0.2) is 48.5 Å².